The van der Waals surface area contributed by atoms with Gasteiger partial charge in [-0.05, 0) is 11.5 Å². The lowest BCUT2D eigenvalue weighted by molar-refractivity contribution is -0.128. The minimum absolute atomic E-state index is 0.196. The monoisotopic (exact) mass is 321 g/mol. The van der Waals surface area contributed by atoms with Crippen LogP contribution in [0.15, 0.2) is 30.3 Å². The molecular weight excluding hydrogens is 298 g/mol. The lowest BCUT2D eigenvalue weighted by Crippen LogP contribution is -2.53. The van der Waals surface area contributed by atoms with Crippen LogP contribution in [0.5, 0.6) is 0 Å². The Morgan fingerprint density at radius 2 is 1.74 bits per heavy atom. The summed E-state index contributed by atoms with van der Waals surface area (Å²) < 4.78 is 4.88. The highest BCUT2D eigenvalue weighted by Crippen LogP contribution is 2.03. The maximum Gasteiger partial charge on any atom is 0.426 e. The zero-order chi connectivity index (χ0) is 17.2. The van der Waals surface area contributed by atoms with Gasteiger partial charge in [-0.15, -0.1) is 0 Å². The Labute approximate surface area is 135 Å². The van der Waals surface area contributed by atoms with E-state index in [1.165, 1.54) is 6.92 Å². The summed E-state index contributed by atoms with van der Waals surface area (Å²) in [5.74, 6) is -0.657. The Bertz CT molecular complexity index is 531. The molecular formula is C16H23N3O4. The van der Waals surface area contributed by atoms with Crippen LogP contribution >= 0.6 is 0 Å². The number of benzene rings is 1. The van der Waals surface area contributed by atoms with Crippen LogP contribution in [0.2, 0.25) is 0 Å². The van der Waals surface area contributed by atoms with Gasteiger partial charge in [0.05, 0.1) is 6.61 Å². The third-order valence-electron chi connectivity index (χ3n) is 2.81. The van der Waals surface area contributed by atoms with Crippen LogP contribution in [0.4, 0.5) is 4.79 Å². The second-order valence-electron chi connectivity index (χ2n) is 5.55. The second kappa shape index (κ2) is 9.45. The molecule has 0 aromatic heterocycles. The van der Waals surface area contributed by atoms with Gasteiger partial charge in [-0.25, -0.2) is 10.2 Å². The van der Waals surface area contributed by atoms with E-state index < -0.39 is 18.0 Å². The van der Waals surface area contributed by atoms with E-state index in [1.807, 2.05) is 44.2 Å². The molecule has 3 amide bonds. The van der Waals surface area contributed by atoms with E-state index in [0.29, 0.717) is 6.42 Å². The zero-order valence-electron chi connectivity index (χ0n) is 13.6. The summed E-state index contributed by atoms with van der Waals surface area (Å²) in [7, 11) is 0. The summed E-state index contributed by atoms with van der Waals surface area (Å²) in [6.07, 6.45) is -0.428. The van der Waals surface area contributed by atoms with Crippen LogP contribution in [0, 0.1) is 5.92 Å². The average Bonchev–Trinajstić information content (AvgIpc) is 2.50. The normalized spacial score (nSPS) is 11.5. The zero-order valence-corrected chi connectivity index (χ0v) is 13.6. The van der Waals surface area contributed by atoms with Gasteiger partial charge in [0.25, 0.3) is 5.91 Å². The van der Waals surface area contributed by atoms with E-state index in [0.717, 1.165) is 5.56 Å². The topological polar surface area (TPSA) is 96.5 Å². The molecule has 0 radical (unpaired) electrons. The van der Waals surface area contributed by atoms with Gasteiger partial charge in [0.2, 0.25) is 5.91 Å². The van der Waals surface area contributed by atoms with Crippen molar-refractivity contribution in [3.05, 3.63) is 35.9 Å². The quantitative estimate of drug-likeness (QED) is 0.685. The molecule has 0 aliphatic carbocycles. The van der Waals surface area contributed by atoms with Gasteiger partial charge in [-0.1, -0.05) is 44.2 Å². The minimum atomic E-state index is -0.791. The van der Waals surface area contributed by atoms with E-state index in [4.69, 9.17) is 4.74 Å². The van der Waals surface area contributed by atoms with Crippen molar-refractivity contribution < 1.29 is 19.1 Å². The molecule has 7 heteroatoms. The second-order valence-corrected chi connectivity index (χ2v) is 5.55. The maximum atomic E-state index is 12.1. The smallest absolute Gasteiger partial charge is 0.426 e. The predicted molar refractivity (Wildman–Crippen MR) is 85.2 cm³/mol. The van der Waals surface area contributed by atoms with E-state index in [2.05, 4.69) is 16.2 Å². The summed E-state index contributed by atoms with van der Waals surface area (Å²) >= 11 is 0. The fraction of sp³-hybridized carbons (Fsp3) is 0.438. The van der Waals surface area contributed by atoms with Crippen molar-refractivity contribution in [2.75, 3.05) is 6.61 Å². The lowest BCUT2D eigenvalue weighted by atomic mass is 10.1. The number of carbonyl (C=O) groups excluding carboxylic acids is 3. The molecule has 1 atom stereocenters. The molecule has 1 rings (SSSR count). The van der Waals surface area contributed by atoms with Gasteiger partial charge >= 0.3 is 6.09 Å². The Kier molecular flexibility index (Phi) is 7.59. The number of ether oxygens (including phenoxy) is 1. The van der Waals surface area contributed by atoms with Gasteiger partial charge < -0.3 is 10.1 Å². The first kappa shape index (κ1) is 18.5. The third-order valence-corrected chi connectivity index (χ3v) is 2.81. The minimum Gasteiger partial charge on any atom is -0.448 e. The summed E-state index contributed by atoms with van der Waals surface area (Å²) in [6.45, 7) is 5.38. The van der Waals surface area contributed by atoms with Gasteiger partial charge in [0, 0.05) is 13.3 Å². The van der Waals surface area contributed by atoms with E-state index in [-0.39, 0.29) is 18.4 Å². The highest BCUT2D eigenvalue weighted by Gasteiger charge is 2.20. The molecule has 0 spiro atoms. The predicted octanol–water partition coefficient (Wildman–Crippen LogP) is 1.15. The van der Waals surface area contributed by atoms with Gasteiger partial charge in [0.15, 0.2) is 0 Å². The Morgan fingerprint density at radius 1 is 1.09 bits per heavy atom. The van der Waals surface area contributed by atoms with Gasteiger partial charge in [-0.2, -0.15) is 0 Å². The highest BCUT2D eigenvalue weighted by molar-refractivity contribution is 5.88. The summed E-state index contributed by atoms with van der Waals surface area (Å²) in [4.78, 5) is 34.8. The number of amides is 3. The summed E-state index contributed by atoms with van der Waals surface area (Å²) in [6, 6.07) is 8.47. The molecule has 0 unspecified atom stereocenters. The standard InChI is InChI=1S/C16H23N3O4/c1-11(2)10-23-16(22)19-18-15(21)14(17-12(3)20)9-13-7-5-4-6-8-13/h4-8,11,14H,9-10H2,1-3H3,(H,17,20)(H,18,21)(H,19,22)/t14-/m0/s1. The SMILES string of the molecule is CC(=O)N[C@@H](Cc1ccccc1)C(=O)NNC(=O)OCC(C)C. The molecule has 126 valence electrons. The van der Waals surface area contributed by atoms with E-state index >= 15 is 0 Å². The average molecular weight is 321 g/mol. The molecule has 0 saturated heterocycles. The summed E-state index contributed by atoms with van der Waals surface area (Å²) in [5, 5.41) is 2.56. The molecule has 3 N–H and O–H groups in total. The number of rotatable bonds is 6. The van der Waals surface area contributed by atoms with E-state index in [9.17, 15) is 14.4 Å². The first-order valence-electron chi connectivity index (χ1n) is 7.42. The molecule has 0 aliphatic rings. The van der Waals surface area contributed by atoms with E-state index in [1.54, 1.807) is 0 Å². The van der Waals surface area contributed by atoms with Crippen molar-refractivity contribution in [2.24, 2.45) is 5.92 Å². The van der Waals surface area contributed by atoms with Crippen molar-refractivity contribution in [3.63, 3.8) is 0 Å². The molecule has 0 fully saturated rings. The Morgan fingerprint density at radius 3 is 2.30 bits per heavy atom. The third kappa shape index (κ3) is 7.85. The van der Waals surface area contributed by atoms with Crippen molar-refractivity contribution in [1.82, 2.24) is 16.2 Å². The Hall–Kier alpha value is -2.57. The molecule has 0 saturated carbocycles. The molecule has 0 bridgehead atoms. The van der Waals surface area contributed by atoms with Crippen molar-refractivity contribution in [3.8, 4) is 0 Å². The fourth-order valence-corrected chi connectivity index (χ4v) is 1.78. The summed E-state index contributed by atoms with van der Waals surface area (Å²) in [5.41, 5.74) is 5.31. The van der Waals surface area contributed by atoms with Crippen LogP contribution in [0.3, 0.4) is 0 Å². The van der Waals surface area contributed by atoms with Gasteiger partial charge in [-0.3, -0.25) is 15.0 Å². The number of hydrazine groups is 1. The number of nitrogens with one attached hydrogen (secondary N) is 3. The van der Waals surface area contributed by atoms with Crippen molar-refractivity contribution in [2.45, 2.75) is 33.2 Å². The first-order valence-corrected chi connectivity index (χ1v) is 7.42. The fourth-order valence-electron chi connectivity index (χ4n) is 1.78. The molecule has 1 aromatic rings. The van der Waals surface area contributed by atoms with Crippen LogP contribution in [-0.2, 0) is 20.7 Å². The van der Waals surface area contributed by atoms with Crippen LogP contribution < -0.4 is 16.2 Å². The lowest BCUT2D eigenvalue weighted by Gasteiger charge is -2.18. The maximum absolute atomic E-state index is 12.1. The van der Waals surface area contributed by atoms with Crippen LogP contribution in [0.1, 0.15) is 26.3 Å². The van der Waals surface area contributed by atoms with Crippen molar-refractivity contribution in [1.29, 1.82) is 0 Å². The van der Waals surface area contributed by atoms with Gasteiger partial charge in [0.1, 0.15) is 6.04 Å². The number of hydrogen-bond donors (Lipinski definition) is 3. The number of carbonyl (C=O) groups is 3. The number of hydrogen-bond acceptors (Lipinski definition) is 4. The molecule has 0 aliphatic heterocycles. The van der Waals surface area contributed by atoms with Crippen LogP contribution in [0.25, 0.3) is 0 Å². The largest absolute Gasteiger partial charge is 0.448 e. The highest BCUT2D eigenvalue weighted by atomic mass is 16.6. The molecule has 7 nitrogen and oxygen atoms in total. The van der Waals surface area contributed by atoms with Crippen molar-refractivity contribution >= 4 is 17.9 Å². The first-order chi connectivity index (χ1) is 10.9. The Balaban J connectivity index is 2.55. The molecule has 23 heavy (non-hydrogen) atoms. The molecule has 0 heterocycles. The van der Waals surface area contributed by atoms with Crippen LogP contribution in [-0.4, -0.2) is 30.6 Å². The molecule has 1 aromatic carbocycles.